The second-order valence-electron chi connectivity index (χ2n) is 11.1. The fraction of sp³-hybridized carbons (Fsp3) is 1.00. The summed E-state index contributed by atoms with van der Waals surface area (Å²) in [6, 6.07) is 0. The van der Waals surface area contributed by atoms with Gasteiger partial charge in [-0.05, 0) is 18.8 Å². The lowest BCUT2D eigenvalue weighted by atomic mass is 9.94. The SMILES string of the molecule is CCCCCCCCCCCCCCCC[C@H](CO)CCCCCCCCCCCCCC. The first-order valence-electron chi connectivity index (χ1n) is 16.0. The van der Waals surface area contributed by atoms with Gasteiger partial charge in [0.1, 0.15) is 0 Å². The Bertz CT molecular complexity index is 326. The van der Waals surface area contributed by atoms with Gasteiger partial charge in [-0.15, -0.1) is 0 Å². The van der Waals surface area contributed by atoms with Gasteiger partial charge in [0, 0.05) is 6.61 Å². The van der Waals surface area contributed by atoms with Crippen molar-refractivity contribution in [1.29, 1.82) is 0 Å². The summed E-state index contributed by atoms with van der Waals surface area (Å²) in [5, 5.41) is 9.71. The molecule has 1 atom stereocenters. The van der Waals surface area contributed by atoms with E-state index in [9.17, 15) is 5.11 Å². The fourth-order valence-electron chi connectivity index (χ4n) is 5.23. The number of hydrogen-bond acceptors (Lipinski definition) is 1. The summed E-state index contributed by atoms with van der Waals surface area (Å²) in [4.78, 5) is 0. The van der Waals surface area contributed by atoms with Crippen molar-refractivity contribution in [2.24, 2.45) is 5.92 Å². The number of rotatable bonds is 29. The van der Waals surface area contributed by atoms with Gasteiger partial charge in [0.15, 0.2) is 0 Å². The van der Waals surface area contributed by atoms with Crippen LogP contribution in [0.5, 0.6) is 0 Å². The van der Waals surface area contributed by atoms with Crippen LogP contribution < -0.4 is 0 Å². The molecule has 0 aliphatic carbocycles. The predicted octanol–water partition coefficient (Wildman–Crippen LogP) is 11.6. The van der Waals surface area contributed by atoms with Crippen LogP contribution in [0.4, 0.5) is 0 Å². The quantitative estimate of drug-likeness (QED) is 0.109. The highest BCUT2D eigenvalue weighted by molar-refractivity contribution is 4.60. The molecule has 0 amide bonds. The zero-order chi connectivity index (χ0) is 24.1. The first-order chi connectivity index (χ1) is 16.3. The minimum atomic E-state index is 0.413. The zero-order valence-corrected chi connectivity index (χ0v) is 23.5. The lowest BCUT2D eigenvalue weighted by molar-refractivity contribution is 0.204. The Balaban J connectivity index is 3.26. The lowest BCUT2D eigenvalue weighted by Gasteiger charge is -2.13. The van der Waals surface area contributed by atoms with Crippen LogP contribution in [0.3, 0.4) is 0 Å². The molecule has 33 heavy (non-hydrogen) atoms. The maximum atomic E-state index is 9.71. The zero-order valence-electron chi connectivity index (χ0n) is 23.5. The normalized spacial score (nSPS) is 12.5. The second-order valence-corrected chi connectivity index (χ2v) is 11.1. The van der Waals surface area contributed by atoms with E-state index in [1.807, 2.05) is 0 Å². The lowest BCUT2D eigenvalue weighted by Crippen LogP contribution is -2.06. The topological polar surface area (TPSA) is 20.2 Å². The summed E-state index contributed by atoms with van der Waals surface area (Å²) in [7, 11) is 0. The summed E-state index contributed by atoms with van der Waals surface area (Å²) in [5.74, 6) is 0.574. The van der Waals surface area contributed by atoms with Crippen LogP contribution >= 0.6 is 0 Å². The second kappa shape index (κ2) is 30.0. The molecule has 0 aromatic rings. The number of unbranched alkanes of at least 4 members (excludes halogenated alkanes) is 24. The first kappa shape index (κ1) is 33.0. The molecule has 0 heterocycles. The molecule has 0 spiro atoms. The van der Waals surface area contributed by atoms with Crippen molar-refractivity contribution in [2.45, 2.75) is 194 Å². The molecule has 0 saturated carbocycles. The molecular weight excluding hydrogens is 400 g/mol. The van der Waals surface area contributed by atoms with E-state index in [0.29, 0.717) is 12.5 Å². The third kappa shape index (κ3) is 28.1. The third-order valence-electron chi connectivity index (χ3n) is 7.69. The molecule has 1 N–H and O–H groups in total. The molecule has 0 fully saturated rings. The molecule has 0 aromatic heterocycles. The van der Waals surface area contributed by atoms with E-state index in [4.69, 9.17) is 0 Å². The van der Waals surface area contributed by atoms with E-state index in [1.54, 1.807) is 0 Å². The molecule has 0 radical (unpaired) electrons. The van der Waals surface area contributed by atoms with Crippen molar-refractivity contribution in [3.8, 4) is 0 Å². The Morgan fingerprint density at radius 2 is 0.545 bits per heavy atom. The van der Waals surface area contributed by atoms with Gasteiger partial charge in [0.05, 0.1) is 0 Å². The van der Waals surface area contributed by atoms with E-state index in [-0.39, 0.29) is 0 Å². The van der Waals surface area contributed by atoms with Gasteiger partial charge in [-0.2, -0.15) is 0 Å². The van der Waals surface area contributed by atoms with Crippen molar-refractivity contribution < 1.29 is 5.11 Å². The van der Waals surface area contributed by atoms with Gasteiger partial charge in [-0.3, -0.25) is 0 Å². The summed E-state index contributed by atoms with van der Waals surface area (Å²) in [6.07, 6.45) is 39.5. The summed E-state index contributed by atoms with van der Waals surface area (Å²) in [6.45, 7) is 5.01. The van der Waals surface area contributed by atoms with E-state index in [0.717, 1.165) is 0 Å². The largest absolute Gasteiger partial charge is 0.396 e. The molecule has 0 aliphatic heterocycles. The van der Waals surface area contributed by atoms with Crippen molar-refractivity contribution >= 4 is 0 Å². The molecule has 1 nitrogen and oxygen atoms in total. The molecule has 0 bridgehead atoms. The standard InChI is InChI=1S/C32H66O/c1-3-5-7-9-11-13-15-17-18-20-22-24-26-28-30-32(31-33)29-27-25-23-21-19-16-14-12-10-8-6-4-2/h32-33H,3-31H2,1-2H3/t32-/m1/s1. The molecule has 0 saturated heterocycles. The van der Waals surface area contributed by atoms with Gasteiger partial charge >= 0.3 is 0 Å². The van der Waals surface area contributed by atoms with Crippen LogP contribution in [-0.4, -0.2) is 11.7 Å². The number of hydrogen-bond donors (Lipinski definition) is 1. The summed E-state index contributed by atoms with van der Waals surface area (Å²) < 4.78 is 0. The molecule has 200 valence electrons. The van der Waals surface area contributed by atoms with Crippen LogP contribution in [0, 0.1) is 5.92 Å². The van der Waals surface area contributed by atoms with Crippen LogP contribution in [0.1, 0.15) is 194 Å². The van der Waals surface area contributed by atoms with Gasteiger partial charge in [0.2, 0.25) is 0 Å². The van der Waals surface area contributed by atoms with E-state index in [2.05, 4.69) is 13.8 Å². The Labute approximate surface area is 211 Å². The highest BCUT2D eigenvalue weighted by Crippen LogP contribution is 2.20. The molecule has 0 aliphatic rings. The molecule has 0 rings (SSSR count). The number of aliphatic hydroxyl groups is 1. The Morgan fingerprint density at radius 1 is 0.333 bits per heavy atom. The maximum absolute atomic E-state index is 9.71. The maximum Gasteiger partial charge on any atom is 0.0459 e. The summed E-state index contributed by atoms with van der Waals surface area (Å²) in [5.41, 5.74) is 0. The molecule has 0 unspecified atom stereocenters. The van der Waals surface area contributed by atoms with Crippen LogP contribution in [0.15, 0.2) is 0 Å². The van der Waals surface area contributed by atoms with Crippen LogP contribution in [0.25, 0.3) is 0 Å². The molecule has 0 aromatic carbocycles. The van der Waals surface area contributed by atoms with Crippen LogP contribution in [0.2, 0.25) is 0 Å². The van der Waals surface area contributed by atoms with Gasteiger partial charge in [0.25, 0.3) is 0 Å². The van der Waals surface area contributed by atoms with E-state index < -0.39 is 0 Å². The van der Waals surface area contributed by atoms with Crippen molar-refractivity contribution in [3.05, 3.63) is 0 Å². The summed E-state index contributed by atoms with van der Waals surface area (Å²) >= 11 is 0. The predicted molar refractivity (Wildman–Crippen MR) is 151 cm³/mol. The third-order valence-corrected chi connectivity index (χ3v) is 7.69. The van der Waals surface area contributed by atoms with E-state index in [1.165, 1.54) is 180 Å². The average Bonchev–Trinajstić information content (AvgIpc) is 2.83. The highest BCUT2D eigenvalue weighted by Gasteiger charge is 2.07. The monoisotopic (exact) mass is 467 g/mol. The molecular formula is C32H66O. The Morgan fingerprint density at radius 3 is 0.758 bits per heavy atom. The van der Waals surface area contributed by atoms with Gasteiger partial charge in [-0.25, -0.2) is 0 Å². The van der Waals surface area contributed by atoms with Gasteiger partial charge < -0.3 is 5.11 Å². The minimum Gasteiger partial charge on any atom is -0.396 e. The Hall–Kier alpha value is -0.0400. The van der Waals surface area contributed by atoms with Crippen molar-refractivity contribution in [2.75, 3.05) is 6.61 Å². The fourth-order valence-corrected chi connectivity index (χ4v) is 5.23. The minimum absolute atomic E-state index is 0.413. The van der Waals surface area contributed by atoms with Crippen molar-refractivity contribution in [3.63, 3.8) is 0 Å². The van der Waals surface area contributed by atoms with E-state index >= 15 is 0 Å². The first-order valence-corrected chi connectivity index (χ1v) is 16.0. The highest BCUT2D eigenvalue weighted by atomic mass is 16.3. The smallest absolute Gasteiger partial charge is 0.0459 e. The molecule has 1 heteroatoms. The van der Waals surface area contributed by atoms with Crippen LogP contribution in [-0.2, 0) is 0 Å². The number of aliphatic hydroxyl groups excluding tert-OH is 1. The average molecular weight is 467 g/mol. The van der Waals surface area contributed by atoms with Crippen molar-refractivity contribution in [1.82, 2.24) is 0 Å². The van der Waals surface area contributed by atoms with Gasteiger partial charge in [-0.1, -0.05) is 181 Å². The Kier molecular flexibility index (Phi) is 30.0.